The van der Waals surface area contributed by atoms with E-state index in [0.717, 1.165) is 25.2 Å². The van der Waals surface area contributed by atoms with E-state index in [1.807, 2.05) is 31.1 Å². The van der Waals surface area contributed by atoms with Crippen LogP contribution < -0.4 is 10.6 Å². The van der Waals surface area contributed by atoms with Crippen molar-refractivity contribution in [3.8, 4) is 0 Å². The first-order valence-corrected chi connectivity index (χ1v) is 9.38. The summed E-state index contributed by atoms with van der Waals surface area (Å²) >= 11 is 6.25. The quantitative estimate of drug-likeness (QED) is 0.547. The van der Waals surface area contributed by atoms with Crippen LogP contribution in [0.1, 0.15) is 55.8 Å². The van der Waals surface area contributed by atoms with E-state index in [1.165, 1.54) is 32.1 Å². The standard InChI is InChI=1S/C19H32ClN3O/c1-4-5-6-7-8-9-12-21-16-10-11-17(18(20)15-16)19(24)22-13-14-23(2)3/h10-11,15,21H,4-9,12-14H2,1-3H3,(H,22,24). The van der Waals surface area contributed by atoms with E-state index in [0.29, 0.717) is 17.1 Å². The Hall–Kier alpha value is -1.26. The second-order valence-electron chi connectivity index (χ2n) is 6.45. The van der Waals surface area contributed by atoms with Crippen molar-refractivity contribution in [1.29, 1.82) is 0 Å². The van der Waals surface area contributed by atoms with Gasteiger partial charge >= 0.3 is 0 Å². The van der Waals surface area contributed by atoms with Crippen LogP contribution in [0.3, 0.4) is 0 Å². The fraction of sp³-hybridized carbons (Fsp3) is 0.632. The second-order valence-corrected chi connectivity index (χ2v) is 6.86. The summed E-state index contributed by atoms with van der Waals surface area (Å²) in [6.07, 6.45) is 7.68. The molecule has 0 aliphatic carbocycles. The van der Waals surface area contributed by atoms with Crippen LogP contribution >= 0.6 is 11.6 Å². The topological polar surface area (TPSA) is 44.4 Å². The summed E-state index contributed by atoms with van der Waals surface area (Å²) in [5.41, 5.74) is 1.50. The van der Waals surface area contributed by atoms with Gasteiger partial charge in [-0.05, 0) is 38.7 Å². The number of amides is 1. The molecule has 0 aromatic heterocycles. The largest absolute Gasteiger partial charge is 0.385 e. The van der Waals surface area contributed by atoms with E-state index >= 15 is 0 Å². The number of likely N-dealkylation sites (N-methyl/N-ethyl adjacent to an activating group) is 1. The fourth-order valence-corrected chi connectivity index (χ4v) is 2.70. The number of carbonyl (C=O) groups excluding carboxylic acids is 1. The molecule has 0 atom stereocenters. The Morgan fingerprint density at radius 3 is 2.46 bits per heavy atom. The van der Waals surface area contributed by atoms with Gasteiger partial charge in [0.2, 0.25) is 0 Å². The zero-order chi connectivity index (χ0) is 17.8. The third-order valence-corrected chi connectivity index (χ3v) is 4.23. The van der Waals surface area contributed by atoms with Crippen LogP contribution in [-0.4, -0.2) is 44.5 Å². The Kier molecular flexibility index (Phi) is 10.5. The van der Waals surface area contributed by atoms with E-state index in [-0.39, 0.29) is 5.91 Å². The van der Waals surface area contributed by atoms with Crippen LogP contribution in [0.25, 0.3) is 0 Å². The number of rotatable bonds is 12. The lowest BCUT2D eigenvalue weighted by Gasteiger charge is -2.12. The minimum absolute atomic E-state index is 0.121. The van der Waals surface area contributed by atoms with Crippen LogP contribution in [-0.2, 0) is 0 Å². The molecule has 0 bridgehead atoms. The molecule has 24 heavy (non-hydrogen) atoms. The maximum Gasteiger partial charge on any atom is 0.252 e. The zero-order valence-electron chi connectivity index (χ0n) is 15.3. The Labute approximate surface area is 151 Å². The highest BCUT2D eigenvalue weighted by Crippen LogP contribution is 2.21. The summed E-state index contributed by atoms with van der Waals surface area (Å²) in [5, 5.41) is 6.75. The normalized spacial score (nSPS) is 10.9. The maximum absolute atomic E-state index is 12.1. The molecule has 2 N–H and O–H groups in total. The molecule has 0 saturated heterocycles. The molecule has 0 radical (unpaired) electrons. The van der Waals surface area contributed by atoms with E-state index in [4.69, 9.17) is 11.6 Å². The highest BCUT2D eigenvalue weighted by Gasteiger charge is 2.10. The average Bonchev–Trinajstić information content (AvgIpc) is 2.53. The summed E-state index contributed by atoms with van der Waals surface area (Å²) < 4.78 is 0. The lowest BCUT2D eigenvalue weighted by atomic mass is 10.1. The Balaban J connectivity index is 2.34. The molecule has 0 fully saturated rings. The second kappa shape index (κ2) is 12.2. The molecule has 0 aliphatic rings. The molecule has 0 unspecified atom stereocenters. The number of carbonyl (C=O) groups is 1. The zero-order valence-corrected chi connectivity index (χ0v) is 16.1. The number of anilines is 1. The molecule has 4 nitrogen and oxygen atoms in total. The molecular weight excluding hydrogens is 322 g/mol. The van der Waals surface area contributed by atoms with Gasteiger partial charge in [0, 0.05) is 25.3 Å². The minimum Gasteiger partial charge on any atom is -0.385 e. The third kappa shape index (κ3) is 8.55. The molecule has 5 heteroatoms. The molecule has 1 rings (SSSR count). The molecule has 1 amide bonds. The number of hydrogen-bond acceptors (Lipinski definition) is 3. The smallest absolute Gasteiger partial charge is 0.252 e. The molecule has 1 aromatic carbocycles. The first-order chi connectivity index (χ1) is 11.5. The Morgan fingerprint density at radius 2 is 1.79 bits per heavy atom. The van der Waals surface area contributed by atoms with Crippen LogP contribution in [0, 0.1) is 0 Å². The molecule has 1 aromatic rings. The van der Waals surface area contributed by atoms with E-state index < -0.39 is 0 Å². The van der Waals surface area contributed by atoms with Crippen molar-refractivity contribution < 1.29 is 4.79 Å². The summed E-state index contributed by atoms with van der Waals surface area (Å²) in [7, 11) is 3.95. The van der Waals surface area contributed by atoms with E-state index in [9.17, 15) is 4.79 Å². The molecule has 0 aliphatic heterocycles. The van der Waals surface area contributed by atoms with Gasteiger partial charge < -0.3 is 15.5 Å². The predicted molar refractivity (Wildman–Crippen MR) is 104 cm³/mol. The van der Waals surface area contributed by atoms with Crippen molar-refractivity contribution in [3.05, 3.63) is 28.8 Å². The maximum atomic E-state index is 12.1. The minimum atomic E-state index is -0.121. The molecule has 0 spiro atoms. The summed E-state index contributed by atoms with van der Waals surface area (Å²) in [5.74, 6) is -0.121. The van der Waals surface area contributed by atoms with Crippen molar-refractivity contribution >= 4 is 23.2 Å². The highest BCUT2D eigenvalue weighted by molar-refractivity contribution is 6.34. The Bertz CT molecular complexity index is 492. The van der Waals surface area contributed by atoms with Gasteiger partial charge in [-0.15, -0.1) is 0 Å². The third-order valence-electron chi connectivity index (χ3n) is 3.92. The predicted octanol–water partition coefficient (Wildman–Crippen LogP) is 4.40. The number of unbranched alkanes of at least 4 members (excludes halogenated alkanes) is 5. The van der Waals surface area contributed by atoms with Crippen molar-refractivity contribution in [2.24, 2.45) is 0 Å². The first-order valence-electron chi connectivity index (χ1n) is 9.01. The van der Waals surface area contributed by atoms with Crippen LogP contribution in [0.2, 0.25) is 5.02 Å². The van der Waals surface area contributed by atoms with Crippen LogP contribution in [0.4, 0.5) is 5.69 Å². The van der Waals surface area contributed by atoms with Gasteiger partial charge in [0.05, 0.1) is 10.6 Å². The monoisotopic (exact) mass is 353 g/mol. The summed E-state index contributed by atoms with van der Waals surface area (Å²) in [4.78, 5) is 14.1. The van der Waals surface area contributed by atoms with Gasteiger partial charge in [-0.2, -0.15) is 0 Å². The van der Waals surface area contributed by atoms with E-state index in [2.05, 4.69) is 17.6 Å². The van der Waals surface area contributed by atoms with Crippen molar-refractivity contribution in [2.75, 3.05) is 39.0 Å². The number of benzene rings is 1. The van der Waals surface area contributed by atoms with Crippen molar-refractivity contribution in [3.63, 3.8) is 0 Å². The lowest BCUT2D eigenvalue weighted by molar-refractivity contribution is 0.0951. The number of hydrogen-bond donors (Lipinski definition) is 2. The van der Waals surface area contributed by atoms with Crippen LogP contribution in [0.5, 0.6) is 0 Å². The van der Waals surface area contributed by atoms with Gasteiger partial charge in [0.25, 0.3) is 5.91 Å². The SMILES string of the molecule is CCCCCCCCNc1ccc(C(=O)NCCN(C)C)c(Cl)c1. The van der Waals surface area contributed by atoms with Gasteiger partial charge in [-0.25, -0.2) is 0 Å². The lowest BCUT2D eigenvalue weighted by Crippen LogP contribution is -2.31. The van der Waals surface area contributed by atoms with Crippen LogP contribution in [0.15, 0.2) is 18.2 Å². The summed E-state index contributed by atoms with van der Waals surface area (Å²) in [6, 6.07) is 5.54. The van der Waals surface area contributed by atoms with Gasteiger partial charge in [-0.3, -0.25) is 4.79 Å². The van der Waals surface area contributed by atoms with E-state index in [1.54, 1.807) is 6.07 Å². The number of nitrogens with zero attached hydrogens (tertiary/aromatic N) is 1. The molecule has 0 saturated carbocycles. The highest BCUT2D eigenvalue weighted by atomic mass is 35.5. The Morgan fingerprint density at radius 1 is 1.08 bits per heavy atom. The fourth-order valence-electron chi connectivity index (χ4n) is 2.44. The van der Waals surface area contributed by atoms with Gasteiger partial charge in [-0.1, -0.05) is 50.6 Å². The summed E-state index contributed by atoms with van der Waals surface area (Å²) in [6.45, 7) is 4.59. The van der Waals surface area contributed by atoms with Gasteiger partial charge in [0.15, 0.2) is 0 Å². The molecule has 0 heterocycles. The van der Waals surface area contributed by atoms with Gasteiger partial charge in [0.1, 0.15) is 0 Å². The average molecular weight is 354 g/mol. The number of nitrogens with one attached hydrogen (secondary N) is 2. The first kappa shape index (κ1) is 20.8. The molecular formula is C19H32ClN3O. The molecule has 136 valence electrons. The number of halogens is 1. The van der Waals surface area contributed by atoms with Crippen molar-refractivity contribution in [1.82, 2.24) is 10.2 Å². The van der Waals surface area contributed by atoms with Crippen molar-refractivity contribution in [2.45, 2.75) is 45.4 Å².